The quantitative estimate of drug-likeness (QED) is 0.843. The fraction of sp³-hybridized carbons (Fsp3) is 0.278. The van der Waals surface area contributed by atoms with Gasteiger partial charge in [0.1, 0.15) is 11.6 Å². The molecule has 2 aromatic rings. The maximum Gasteiger partial charge on any atom is 0.257 e. The van der Waals surface area contributed by atoms with E-state index in [0.717, 1.165) is 18.4 Å². The molecule has 1 fully saturated rings. The third kappa shape index (κ3) is 3.11. The van der Waals surface area contributed by atoms with Crippen LogP contribution in [-0.4, -0.2) is 24.0 Å². The summed E-state index contributed by atoms with van der Waals surface area (Å²) >= 11 is 0. The van der Waals surface area contributed by atoms with E-state index in [2.05, 4.69) is 0 Å². The van der Waals surface area contributed by atoms with Crippen LogP contribution in [0.1, 0.15) is 28.8 Å². The molecule has 1 amide bonds. The maximum absolute atomic E-state index is 14.1. The second-order valence-corrected chi connectivity index (χ2v) is 5.50. The van der Waals surface area contributed by atoms with Crippen molar-refractivity contribution in [2.75, 3.05) is 7.11 Å². The predicted octanol–water partition coefficient (Wildman–Crippen LogP) is 3.64. The van der Waals surface area contributed by atoms with Gasteiger partial charge in [0.15, 0.2) is 0 Å². The predicted molar refractivity (Wildman–Crippen MR) is 82.3 cm³/mol. The lowest BCUT2D eigenvalue weighted by molar-refractivity contribution is 0.0725. The molecule has 0 N–H and O–H groups in total. The Morgan fingerprint density at radius 3 is 2.55 bits per heavy atom. The molecular weight excluding hydrogens is 281 g/mol. The van der Waals surface area contributed by atoms with Crippen LogP contribution in [0.2, 0.25) is 0 Å². The van der Waals surface area contributed by atoms with Crippen LogP contribution in [0.4, 0.5) is 4.39 Å². The Morgan fingerprint density at radius 1 is 1.23 bits per heavy atom. The first-order chi connectivity index (χ1) is 10.7. The summed E-state index contributed by atoms with van der Waals surface area (Å²) in [7, 11) is 1.47. The van der Waals surface area contributed by atoms with Crippen LogP contribution in [0.5, 0.6) is 5.75 Å². The summed E-state index contributed by atoms with van der Waals surface area (Å²) in [6.07, 6.45) is 1.96. The molecule has 0 unspecified atom stereocenters. The van der Waals surface area contributed by atoms with Gasteiger partial charge in [-0.05, 0) is 30.5 Å². The van der Waals surface area contributed by atoms with E-state index in [1.54, 1.807) is 11.0 Å². The number of rotatable bonds is 5. The van der Waals surface area contributed by atoms with Gasteiger partial charge in [0.05, 0.1) is 12.7 Å². The zero-order valence-corrected chi connectivity index (χ0v) is 12.5. The Bertz CT molecular complexity index is 668. The third-order valence-electron chi connectivity index (χ3n) is 3.85. The molecule has 0 radical (unpaired) electrons. The number of carbonyl (C=O) groups excluding carboxylic acids is 1. The minimum absolute atomic E-state index is 0.101. The molecular formula is C18H18FNO2. The first kappa shape index (κ1) is 14.6. The molecule has 114 valence electrons. The highest BCUT2D eigenvalue weighted by Gasteiger charge is 2.34. The van der Waals surface area contributed by atoms with Gasteiger partial charge in [-0.1, -0.05) is 30.3 Å². The fourth-order valence-corrected chi connectivity index (χ4v) is 2.48. The van der Waals surface area contributed by atoms with Crippen molar-refractivity contribution in [2.24, 2.45) is 0 Å². The van der Waals surface area contributed by atoms with Crippen LogP contribution in [0, 0.1) is 5.82 Å². The molecule has 3 rings (SSSR count). The summed E-state index contributed by atoms with van der Waals surface area (Å²) in [6, 6.07) is 14.4. The van der Waals surface area contributed by atoms with Gasteiger partial charge in [0, 0.05) is 18.7 Å². The normalized spacial score (nSPS) is 13.7. The van der Waals surface area contributed by atoms with Crippen molar-refractivity contribution in [1.29, 1.82) is 0 Å². The number of methoxy groups -OCH3 is 1. The molecule has 1 saturated carbocycles. The van der Waals surface area contributed by atoms with E-state index in [1.807, 2.05) is 30.3 Å². The molecule has 0 spiro atoms. The summed E-state index contributed by atoms with van der Waals surface area (Å²) in [4.78, 5) is 14.5. The molecule has 1 aliphatic rings. The second kappa shape index (κ2) is 6.18. The van der Waals surface area contributed by atoms with Gasteiger partial charge in [-0.2, -0.15) is 0 Å². The van der Waals surface area contributed by atoms with E-state index < -0.39 is 5.82 Å². The zero-order valence-electron chi connectivity index (χ0n) is 12.5. The minimum atomic E-state index is -0.539. The summed E-state index contributed by atoms with van der Waals surface area (Å²) < 4.78 is 19.1. The number of amides is 1. The molecule has 2 aromatic carbocycles. The summed E-state index contributed by atoms with van der Waals surface area (Å²) in [5.74, 6) is -0.385. The molecule has 0 aliphatic heterocycles. The van der Waals surface area contributed by atoms with Crippen molar-refractivity contribution in [2.45, 2.75) is 25.4 Å². The van der Waals surface area contributed by atoms with Crippen LogP contribution in [-0.2, 0) is 6.54 Å². The third-order valence-corrected chi connectivity index (χ3v) is 3.85. The summed E-state index contributed by atoms with van der Waals surface area (Å²) in [5, 5.41) is 0. The Labute approximate surface area is 129 Å². The van der Waals surface area contributed by atoms with Crippen molar-refractivity contribution < 1.29 is 13.9 Å². The number of hydrogen-bond acceptors (Lipinski definition) is 2. The standard InChI is InChI=1S/C18H18FNO2/c1-22-15-9-10-16(17(19)11-15)18(21)20(14-7-8-14)12-13-5-3-2-4-6-13/h2-6,9-11,14H,7-8,12H2,1H3. The van der Waals surface area contributed by atoms with Crippen LogP contribution in [0.3, 0.4) is 0 Å². The average Bonchev–Trinajstić information content (AvgIpc) is 3.37. The minimum Gasteiger partial charge on any atom is -0.497 e. The lowest BCUT2D eigenvalue weighted by Gasteiger charge is -2.23. The summed E-state index contributed by atoms with van der Waals surface area (Å²) in [6.45, 7) is 0.510. The molecule has 1 aliphatic carbocycles. The molecule has 3 nitrogen and oxygen atoms in total. The topological polar surface area (TPSA) is 29.5 Å². The van der Waals surface area contributed by atoms with Crippen LogP contribution in [0.25, 0.3) is 0 Å². The first-order valence-electron chi connectivity index (χ1n) is 7.37. The van der Waals surface area contributed by atoms with Gasteiger partial charge in [0.25, 0.3) is 5.91 Å². The van der Waals surface area contributed by atoms with Gasteiger partial charge in [-0.15, -0.1) is 0 Å². The second-order valence-electron chi connectivity index (χ2n) is 5.50. The number of hydrogen-bond donors (Lipinski definition) is 0. The van der Waals surface area contributed by atoms with Crippen molar-refractivity contribution in [3.05, 3.63) is 65.5 Å². The maximum atomic E-state index is 14.1. The monoisotopic (exact) mass is 299 g/mol. The average molecular weight is 299 g/mol. The molecule has 22 heavy (non-hydrogen) atoms. The lowest BCUT2D eigenvalue weighted by Crippen LogP contribution is -2.33. The molecule has 0 saturated heterocycles. The van der Waals surface area contributed by atoms with Gasteiger partial charge < -0.3 is 9.64 Å². The van der Waals surface area contributed by atoms with Crippen molar-refractivity contribution >= 4 is 5.91 Å². The lowest BCUT2D eigenvalue weighted by atomic mass is 10.1. The largest absolute Gasteiger partial charge is 0.497 e. The SMILES string of the molecule is COc1ccc(C(=O)N(Cc2ccccc2)C2CC2)c(F)c1. The van der Waals surface area contributed by atoms with Gasteiger partial charge in [0.2, 0.25) is 0 Å². The van der Waals surface area contributed by atoms with Crippen molar-refractivity contribution in [3.63, 3.8) is 0 Å². The number of carbonyl (C=O) groups is 1. The highest BCUT2D eigenvalue weighted by Crippen LogP contribution is 2.30. The van der Waals surface area contributed by atoms with Crippen LogP contribution < -0.4 is 4.74 Å². The zero-order chi connectivity index (χ0) is 15.5. The molecule has 0 bridgehead atoms. The van der Waals surface area contributed by atoms with E-state index in [4.69, 9.17) is 4.74 Å². The Hall–Kier alpha value is -2.36. The fourth-order valence-electron chi connectivity index (χ4n) is 2.48. The number of nitrogens with zero attached hydrogens (tertiary/aromatic N) is 1. The molecule has 0 aromatic heterocycles. The highest BCUT2D eigenvalue weighted by molar-refractivity contribution is 5.95. The molecule has 4 heteroatoms. The summed E-state index contributed by atoms with van der Waals surface area (Å²) in [5.41, 5.74) is 1.15. The van der Waals surface area contributed by atoms with Gasteiger partial charge in [-0.25, -0.2) is 4.39 Å². The van der Waals surface area contributed by atoms with Crippen LogP contribution in [0.15, 0.2) is 48.5 Å². The van der Waals surface area contributed by atoms with E-state index >= 15 is 0 Å². The smallest absolute Gasteiger partial charge is 0.257 e. The van der Waals surface area contributed by atoms with Gasteiger partial charge >= 0.3 is 0 Å². The number of halogens is 1. The van der Waals surface area contributed by atoms with E-state index in [9.17, 15) is 9.18 Å². The van der Waals surface area contributed by atoms with Crippen LogP contribution >= 0.6 is 0 Å². The first-order valence-corrected chi connectivity index (χ1v) is 7.37. The van der Waals surface area contributed by atoms with E-state index in [-0.39, 0.29) is 17.5 Å². The van der Waals surface area contributed by atoms with E-state index in [1.165, 1.54) is 19.2 Å². The van der Waals surface area contributed by atoms with Crippen molar-refractivity contribution in [1.82, 2.24) is 4.90 Å². The Balaban J connectivity index is 1.84. The van der Waals surface area contributed by atoms with Gasteiger partial charge in [-0.3, -0.25) is 4.79 Å². The van der Waals surface area contributed by atoms with Crippen molar-refractivity contribution in [3.8, 4) is 5.75 Å². The molecule has 0 atom stereocenters. The number of ether oxygens (including phenoxy) is 1. The molecule has 0 heterocycles. The van der Waals surface area contributed by atoms with E-state index in [0.29, 0.717) is 12.3 Å². The Kier molecular flexibility index (Phi) is 4.09. The Morgan fingerprint density at radius 2 is 1.95 bits per heavy atom. The highest BCUT2D eigenvalue weighted by atomic mass is 19.1. The number of benzene rings is 2.